The minimum atomic E-state index is 0.0787. The molecule has 1 heterocycles. The lowest BCUT2D eigenvalue weighted by Crippen LogP contribution is -2.03. The molecule has 2 aromatic rings. The van der Waals surface area contributed by atoms with E-state index in [0.717, 1.165) is 29.7 Å². The highest BCUT2D eigenvalue weighted by Gasteiger charge is 2.23. The maximum Gasteiger partial charge on any atom is 0.194 e. The molecule has 1 aliphatic rings. The topological polar surface area (TPSA) is 26.3 Å². The number of carbonyl (C=O) groups excluding carboxylic acids is 1. The van der Waals surface area contributed by atoms with Gasteiger partial charge in [0, 0.05) is 16.5 Å². The van der Waals surface area contributed by atoms with Crippen molar-refractivity contribution in [2.24, 2.45) is 0 Å². The molecule has 1 saturated carbocycles. The van der Waals surface area contributed by atoms with Crippen molar-refractivity contribution < 1.29 is 9.53 Å². The summed E-state index contributed by atoms with van der Waals surface area (Å²) in [5.41, 5.74) is 2.54. The highest BCUT2D eigenvalue weighted by Crippen LogP contribution is 2.28. The number of hydrogen-bond acceptors (Lipinski definition) is 3. The van der Waals surface area contributed by atoms with Crippen LogP contribution in [0.4, 0.5) is 0 Å². The SMILES string of the molecule is Cc1cscc1C(=O)c1cccc(OC2CC2)c1. The summed E-state index contributed by atoms with van der Waals surface area (Å²) in [6.07, 6.45) is 2.61. The summed E-state index contributed by atoms with van der Waals surface area (Å²) in [6.45, 7) is 1.97. The molecular weight excluding hydrogens is 244 g/mol. The first-order chi connectivity index (χ1) is 8.74. The van der Waals surface area contributed by atoms with Crippen LogP contribution in [0.3, 0.4) is 0 Å². The maximum atomic E-state index is 12.3. The summed E-state index contributed by atoms with van der Waals surface area (Å²) in [5, 5.41) is 3.91. The fourth-order valence-corrected chi connectivity index (χ4v) is 2.67. The van der Waals surface area contributed by atoms with Crippen molar-refractivity contribution in [2.75, 3.05) is 0 Å². The average molecular weight is 258 g/mol. The summed E-state index contributed by atoms with van der Waals surface area (Å²) >= 11 is 1.56. The van der Waals surface area contributed by atoms with Gasteiger partial charge >= 0.3 is 0 Å². The van der Waals surface area contributed by atoms with Gasteiger partial charge in [-0.25, -0.2) is 0 Å². The summed E-state index contributed by atoms with van der Waals surface area (Å²) in [5.74, 6) is 0.881. The van der Waals surface area contributed by atoms with E-state index >= 15 is 0 Å². The second kappa shape index (κ2) is 4.58. The third-order valence-electron chi connectivity index (χ3n) is 3.02. The number of rotatable bonds is 4. The van der Waals surface area contributed by atoms with E-state index in [1.807, 2.05) is 41.9 Å². The van der Waals surface area contributed by atoms with Crippen LogP contribution in [0.2, 0.25) is 0 Å². The van der Waals surface area contributed by atoms with Crippen molar-refractivity contribution in [3.63, 3.8) is 0 Å². The van der Waals surface area contributed by atoms with Crippen LogP contribution >= 0.6 is 11.3 Å². The molecule has 1 aromatic carbocycles. The Labute approximate surface area is 110 Å². The van der Waals surface area contributed by atoms with Gasteiger partial charge in [-0.1, -0.05) is 12.1 Å². The Morgan fingerprint density at radius 2 is 2.17 bits per heavy atom. The lowest BCUT2D eigenvalue weighted by atomic mass is 10.0. The molecule has 0 saturated heterocycles. The first-order valence-corrected chi connectivity index (χ1v) is 7.02. The largest absolute Gasteiger partial charge is 0.490 e. The van der Waals surface area contributed by atoms with E-state index in [2.05, 4.69) is 0 Å². The smallest absolute Gasteiger partial charge is 0.194 e. The molecule has 3 rings (SSSR count). The van der Waals surface area contributed by atoms with Crippen molar-refractivity contribution in [3.8, 4) is 5.75 Å². The molecule has 0 aliphatic heterocycles. The van der Waals surface area contributed by atoms with Crippen molar-refractivity contribution in [3.05, 3.63) is 51.7 Å². The molecule has 2 nitrogen and oxygen atoms in total. The molecule has 1 fully saturated rings. The summed E-state index contributed by atoms with van der Waals surface area (Å²) in [7, 11) is 0. The van der Waals surface area contributed by atoms with E-state index in [1.54, 1.807) is 11.3 Å². The van der Waals surface area contributed by atoms with Gasteiger partial charge in [-0.05, 0) is 42.8 Å². The molecule has 1 aromatic heterocycles. The van der Waals surface area contributed by atoms with Crippen LogP contribution in [-0.2, 0) is 0 Å². The van der Waals surface area contributed by atoms with Gasteiger partial charge in [-0.3, -0.25) is 4.79 Å². The van der Waals surface area contributed by atoms with Gasteiger partial charge in [0.2, 0.25) is 0 Å². The van der Waals surface area contributed by atoms with E-state index in [1.165, 1.54) is 0 Å². The zero-order valence-corrected chi connectivity index (χ0v) is 11.0. The molecular formula is C15H14O2S. The number of carbonyl (C=O) groups is 1. The maximum absolute atomic E-state index is 12.3. The van der Waals surface area contributed by atoms with Crippen molar-refractivity contribution in [1.29, 1.82) is 0 Å². The van der Waals surface area contributed by atoms with Crippen molar-refractivity contribution >= 4 is 17.1 Å². The molecule has 0 unspecified atom stereocenters. The summed E-state index contributed by atoms with van der Waals surface area (Å²) in [4.78, 5) is 12.3. The molecule has 92 valence electrons. The first kappa shape index (κ1) is 11.5. The minimum absolute atomic E-state index is 0.0787. The first-order valence-electron chi connectivity index (χ1n) is 6.08. The van der Waals surface area contributed by atoms with E-state index in [4.69, 9.17) is 4.74 Å². The number of ketones is 1. The van der Waals surface area contributed by atoms with Gasteiger partial charge in [-0.2, -0.15) is 11.3 Å². The lowest BCUT2D eigenvalue weighted by Gasteiger charge is -2.06. The average Bonchev–Trinajstić information content (AvgIpc) is 3.08. The molecule has 18 heavy (non-hydrogen) atoms. The van der Waals surface area contributed by atoms with Crippen LogP contribution in [0, 0.1) is 6.92 Å². The Balaban J connectivity index is 1.87. The van der Waals surface area contributed by atoms with Gasteiger partial charge < -0.3 is 4.74 Å². The van der Waals surface area contributed by atoms with Crippen LogP contribution in [0.15, 0.2) is 35.0 Å². The van der Waals surface area contributed by atoms with Crippen LogP contribution in [-0.4, -0.2) is 11.9 Å². The lowest BCUT2D eigenvalue weighted by molar-refractivity contribution is 0.103. The Kier molecular flexibility index (Phi) is 2.92. The number of ether oxygens (including phenoxy) is 1. The van der Waals surface area contributed by atoms with E-state index < -0.39 is 0 Å². The molecule has 3 heteroatoms. The molecule has 1 aliphatic carbocycles. The third kappa shape index (κ3) is 2.31. The number of thiophene rings is 1. The quantitative estimate of drug-likeness (QED) is 0.779. The number of benzene rings is 1. The Morgan fingerprint density at radius 1 is 1.33 bits per heavy atom. The van der Waals surface area contributed by atoms with Gasteiger partial charge in [0.25, 0.3) is 0 Å². The van der Waals surface area contributed by atoms with Gasteiger partial charge in [0.05, 0.1) is 6.10 Å². The third-order valence-corrected chi connectivity index (χ3v) is 3.88. The Bertz CT molecular complexity index is 582. The fraction of sp³-hybridized carbons (Fsp3) is 0.267. The predicted molar refractivity (Wildman–Crippen MR) is 72.6 cm³/mol. The summed E-state index contributed by atoms with van der Waals surface area (Å²) < 4.78 is 5.71. The minimum Gasteiger partial charge on any atom is -0.490 e. The zero-order valence-electron chi connectivity index (χ0n) is 10.2. The molecule has 0 radical (unpaired) electrons. The molecule has 0 N–H and O–H groups in total. The number of aryl methyl sites for hydroxylation is 1. The van der Waals surface area contributed by atoms with Crippen LogP contribution < -0.4 is 4.74 Å². The van der Waals surface area contributed by atoms with E-state index in [9.17, 15) is 4.79 Å². The van der Waals surface area contributed by atoms with Gasteiger partial charge in [0.1, 0.15) is 5.75 Å². The van der Waals surface area contributed by atoms with Crippen molar-refractivity contribution in [2.45, 2.75) is 25.9 Å². The zero-order chi connectivity index (χ0) is 12.5. The highest BCUT2D eigenvalue weighted by atomic mass is 32.1. The van der Waals surface area contributed by atoms with Crippen LogP contribution in [0.25, 0.3) is 0 Å². The fourth-order valence-electron chi connectivity index (χ4n) is 1.84. The second-order valence-corrected chi connectivity index (χ2v) is 5.39. The molecule has 0 amide bonds. The standard InChI is InChI=1S/C15H14O2S/c1-10-8-18-9-14(10)15(16)11-3-2-4-13(7-11)17-12-5-6-12/h2-4,7-9,12H,5-6H2,1H3. The second-order valence-electron chi connectivity index (χ2n) is 4.64. The predicted octanol–water partition coefficient (Wildman–Crippen LogP) is 3.83. The summed E-state index contributed by atoms with van der Waals surface area (Å²) in [6, 6.07) is 7.49. The molecule has 0 spiro atoms. The van der Waals surface area contributed by atoms with E-state index in [-0.39, 0.29) is 5.78 Å². The normalized spacial score (nSPS) is 14.5. The van der Waals surface area contributed by atoms with Crippen LogP contribution in [0.5, 0.6) is 5.75 Å². The van der Waals surface area contributed by atoms with Gasteiger partial charge in [0.15, 0.2) is 5.78 Å². The molecule has 0 atom stereocenters. The highest BCUT2D eigenvalue weighted by molar-refractivity contribution is 7.08. The van der Waals surface area contributed by atoms with Crippen LogP contribution in [0.1, 0.15) is 34.3 Å². The molecule has 0 bridgehead atoms. The Morgan fingerprint density at radius 3 is 2.83 bits per heavy atom. The Hall–Kier alpha value is -1.61. The van der Waals surface area contributed by atoms with E-state index in [0.29, 0.717) is 11.7 Å². The number of hydrogen-bond donors (Lipinski definition) is 0. The monoisotopic (exact) mass is 258 g/mol. The van der Waals surface area contributed by atoms with Gasteiger partial charge in [-0.15, -0.1) is 0 Å². The van der Waals surface area contributed by atoms with Crippen molar-refractivity contribution in [1.82, 2.24) is 0 Å².